The lowest BCUT2D eigenvalue weighted by atomic mass is 10.0. The highest BCUT2D eigenvalue weighted by Crippen LogP contribution is 2.30. The summed E-state index contributed by atoms with van der Waals surface area (Å²) >= 11 is 12.4. The van der Waals surface area contributed by atoms with Gasteiger partial charge in [-0.1, -0.05) is 48.5 Å². The molecule has 4 rings (SSSR count). The molecule has 1 heterocycles. The maximum absolute atomic E-state index is 12.8. The van der Waals surface area contributed by atoms with Crippen LogP contribution in [0, 0.1) is 6.92 Å². The van der Waals surface area contributed by atoms with Crippen LogP contribution in [0.2, 0.25) is 10.0 Å². The highest BCUT2D eigenvalue weighted by molar-refractivity contribution is 7.90. The highest BCUT2D eigenvalue weighted by atomic mass is 35.5. The van der Waals surface area contributed by atoms with Gasteiger partial charge in [-0.15, -0.1) is 0 Å². The van der Waals surface area contributed by atoms with Gasteiger partial charge in [0, 0.05) is 38.6 Å². The minimum absolute atomic E-state index is 0.314. The van der Waals surface area contributed by atoms with E-state index in [1.165, 1.54) is 0 Å². The van der Waals surface area contributed by atoms with Gasteiger partial charge in [0.2, 0.25) is 10.0 Å². The third kappa shape index (κ3) is 4.76. The molecule has 1 aliphatic carbocycles. The maximum Gasteiger partial charge on any atom is 0.264 e. The number of hydrogen-bond donors (Lipinski definition) is 2. The zero-order valence-corrected chi connectivity index (χ0v) is 19.5. The van der Waals surface area contributed by atoms with E-state index >= 15 is 0 Å². The maximum atomic E-state index is 12.8. The standard InChI is InChI=1S/C23H24Cl2N2O3S/c1-14-19(11-15-7-9-17(24)13-21(15)25)20-12-16(8-10-22(20)26-14)23(28)27-31(29,30)18-5-3-2-4-6-18/h7-10,12-13,18,26H,2-6,11H2,1H3,(H,27,28). The summed E-state index contributed by atoms with van der Waals surface area (Å²) in [5.41, 5.74) is 4.08. The largest absolute Gasteiger partial charge is 0.358 e. The molecule has 164 valence electrons. The number of halogens is 2. The van der Waals surface area contributed by atoms with Gasteiger partial charge in [0.05, 0.1) is 5.25 Å². The number of carbonyl (C=O) groups is 1. The Labute approximate surface area is 192 Å². The lowest BCUT2D eigenvalue weighted by Gasteiger charge is -2.21. The predicted octanol–water partition coefficient (Wildman–Crippen LogP) is 5.77. The Bertz CT molecular complexity index is 1250. The normalized spacial score (nSPS) is 15.3. The van der Waals surface area contributed by atoms with Gasteiger partial charge in [0.15, 0.2) is 0 Å². The first-order chi connectivity index (χ1) is 14.7. The van der Waals surface area contributed by atoms with Crippen LogP contribution in [0.3, 0.4) is 0 Å². The molecule has 1 fully saturated rings. The molecule has 0 radical (unpaired) electrons. The summed E-state index contributed by atoms with van der Waals surface area (Å²) in [5.74, 6) is -0.596. The van der Waals surface area contributed by atoms with Gasteiger partial charge in [-0.2, -0.15) is 0 Å². The third-order valence-electron chi connectivity index (χ3n) is 5.99. The Kier molecular flexibility index (Phi) is 6.33. The van der Waals surface area contributed by atoms with Crippen LogP contribution in [0.4, 0.5) is 0 Å². The van der Waals surface area contributed by atoms with E-state index in [-0.39, 0.29) is 0 Å². The zero-order chi connectivity index (χ0) is 22.2. The van der Waals surface area contributed by atoms with Gasteiger partial charge in [-0.3, -0.25) is 4.79 Å². The summed E-state index contributed by atoms with van der Waals surface area (Å²) in [7, 11) is -3.68. The second-order valence-corrected chi connectivity index (χ2v) is 10.9. The number of sulfonamides is 1. The van der Waals surface area contributed by atoms with E-state index in [4.69, 9.17) is 23.2 Å². The summed E-state index contributed by atoms with van der Waals surface area (Å²) in [5, 5.41) is 1.52. The molecule has 8 heteroatoms. The molecule has 1 aromatic heterocycles. The van der Waals surface area contributed by atoms with Crippen LogP contribution in [0.1, 0.15) is 59.3 Å². The summed E-state index contributed by atoms with van der Waals surface area (Å²) in [4.78, 5) is 16.1. The second kappa shape index (κ2) is 8.85. The fourth-order valence-corrected chi connectivity index (χ4v) is 6.23. The van der Waals surface area contributed by atoms with E-state index in [9.17, 15) is 13.2 Å². The van der Waals surface area contributed by atoms with Crippen LogP contribution >= 0.6 is 23.2 Å². The molecule has 1 aliphatic rings. The van der Waals surface area contributed by atoms with Crippen LogP contribution in [0.25, 0.3) is 10.9 Å². The number of aryl methyl sites for hydroxylation is 1. The molecule has 2 aromatic carbocycles. The number of rotatable bonds is 5. The molecule has 3 aromatic rings. The molecule has 2 N–H and O–H groups in total. The minimum Gasteiger partial charge on any atom is -0.358 e. The van der Waals surface area contributed by atoms with Crippen molar-refractivity contribution in [3.63, 3.8) is 0 Å². The van der Waals surface area contributed by atoms with Crippen LogP contribution in [-0.2, 0) is 16.4 Å². The SMILES string of the molecule is Cc1[nH]c2ccc(C(=O)NS(=O)(=O)C3CCCCC3)cc2c1Cc1ccc(Cl)cc1Cl. The van der Waals surface area contributed by atoms with Crippen molar-refractivity contribution < 1.29 is 13.2 Å². The number of aromatic nitrogens is 1. The summed E-state index contributed by atoms with van der Waals surface area (Å²) in [6, 6.07) is 10.6. The first kappa shape index (κ1) is 22.2. The van der Waals surface area contributed by atoms with Gasteiger partial charge in [-0.05, 0) is 61.2 Å². The van der Waals surface area contributed by atoms with Crippen molar-refractivity contribution in [3.8, 4) is 0 Å². The Morgan fingerprint density at radius 2 is 1.84 bits per heavy atom. The van der Waals surface area contributed by atoms with E-state index < -0.39 is 21.2 Å². The number of hydrogen-bond acceptors (Lipinski definition) is 3. The Hall–Kier alpha value is -2.02. The summed E-state index contributed by atoms with van der Waals surface area (Å²) in [6.45, 7) is 1.96. The smallest absolute Gasteiger partial charge is 0.264 e. The number of benzene rings is 2. The second-order valence-electron chi connectivity index (χ2n) is 8.14. The fraction of sp³-hybridized carbons (Fsp3) is 0.348. The third-order valence-corrected chi connectivity index (χ3v) is 8.40. The lowest BCUT2D eigenvalue weighted by molar-refractivity contribution is 0.0981. The molecule has 0 unspecified atom stereocenters. The fourth-order valence-electron chi connectivity index (χ4n) is 4.25. The van der Waals surface area contributed by atoms with E-state index in [1.54, 1.807) is 30.3 Å². The number of fused-ring (bicyclic) bond motifs is 1. The molecule has 1 amide bonds. The monoisotopic (exact) mass is 478 g/mol. The summed E-state index contributed by atoms with van der Waals surface area (Å²) < 4.78 is 27.6. The van der Waals surface area contributed by atoms with Crippen molar-refractivity contribution in [1.82, 2.24) is 9.71 Å². The van der Waals surface area contributed by atoms with Crippen LogP contribution in [0.15, 0.2) is 36.4 Å². The van der Waals surface area contributed by atoms with E-state index in [2.05, 4.69) is 9.71 Å². The first-order valence-corrected chi connectivity index (χ1v) is 12.7. The van der Waals surface area contributed by atoms with E-state index in [1.807, 2.05) is 13.0 Å². The molecule has 0 spiro atoms. The predicted molar refractivity (Wildman–Crippen MR) is 126 cm³/mol. The molecule has 0 bridgehead atoms. The van der Waals surface area contributed by atoms with Gasteiger partial charge >= 0.3 is 0 Å². The average Bonchev–Trinajstić information content (AvgIpc) is 3.04. The summed E-state index contributed by atoms with van der Waals surface area (Å²) in [6.07, 6.45) is 4.57. The van der Waals surface area contributed by atoms with Crippen molar-refractivity contribution in [2.45, 2.75) is 50.7 Å². The number of carbonyl (C=O) groups excluding carboxylic acids is 1. The number of amides is 1. The van der Waals surface area contributed by atoms with Crippen molar-refractivity contribution >= 4 is 50.0 Å². The number of aromatic amines is 1. The van der Waals surface area contributed by atoms with Gasteiger partial charge in [0.1, 0.15) is 0 Å². The minimum atomic E-state index is -3.68. The number of H-pyrrole nitrogens is 1. The molecule has 0 atom stereocenters. The van der Waals surface area contributed by atoms with Crippen molar-refractivity contribution in [2.24, 2.45) is 0 Å². The Morgan fingerprint density at radius 1 is 1.10 bits per heavy atom. The lowest BCUT2D eigenvalue weighted by Crippen LogP contribution is -2.39. The van der Waals surface area contributed by atoms with Gasteiger partial charge in [-0.25, -0.2) is 13.1 Å². The average molecular weight is 479 g/mol. The van der Waals surface area contributed by atoms with E-state index in [0.717, 1.165) is 47.0 Å². The van der Waals surface area contributed by atoms with E-state index in [0.29, 0.717) is 34.9 Å². The van der Waals surface area contributed by atoms with Crippen LogP contribution in [0.5, 0.6) is 0 Å². The van der Waals surface area contributed by atoms with Crippen LogP contribution in [-0.4, -0.2) is 24.6 Å². The molecule has 1 saturated carbocycles. The molecule has 31 heavy (non-hydrogen) atoms. The van der Waals surface area contributed by atoms with Crippen molar-refractivity contribution in [2.75, 3.05) is 0 Å². The molecule has 5 nitrogen and oxygen atoms in total. The van der Waals surface area contributed by atoms with Crippen LogP contribution < -0.4 is 4.72 Å². The van der Waals surface area contributed by atoms with Crippen molar-refractivity contribution in [3.05, 3.63) is 68.8 Å². The highest BCUT2D eigenvalue weighted by Gasteiger charge is 2.29. The molecular formula is C23H24Cl2N2O3S. The Morgan fingerprint density at radius 3 is 2.55 bits per heavy atom. The first-order valence-electron chi connectivity index (χ1n) is 10.4. The molecule has 0 aliphatic heterocycles. The van der Waals surface area contributed by atoms with Gasteiger partial charge < -0.3 is 4.98 Å². The number of nitrogens with one attached hydrogen (secondary N) is 2. The van der Waals surface area contributed by atoms with Crippen molar-refractivity contribution in [1.29, 1.82) is 0 Å². The molecular weight excluding hydrogens is 455 g/mol. The molecule has 0 saturated heterocycles. The quantitative estimate of drug-likeness (QED) is 0.488. The topological polar surface area (TPSA) is 79.0 Å². The Balaban J connectivity index is 1.62. The van der Waals surface area contributed by atoms with Gasteiger partial charge in [0.25, 0.3) is 5.91 Å². The zero-order valence-electron chi connectivity index (χ0n) is 17.2.